The Morgan fingerprint density at radius 2 is 1.81 bits per heavy atom. The van der Waals surface area contributed by atoms with Gasteiger partial charge in [0, 0.05) is 5.69 Å². The molecule has 1 aromatic heterocycles. The van der Waals surface area contributed by atoms with Crippen LogP contribution in [-0.4, -0.2) is 29.2 Å². The molecule has 7 heteroatoms. The lowest BCUT2D eigenvalue weighted by molar-refractivity contribution is 0.243. The summed E-state index contributed by atoms with van der Waals surface area (Å²) in [6, 6.07) is 12.6. The van der Waals surface area contributed by atoms with Gasteiger partial charge in [-0.15, -0.1) is 0 Å². The van der Waals surface area contributed by atoms with E-state index < -0.39 is 0 Å². The molecule has 0 unspecified atom stereocenters. The minimum absolute atomic E-state index is 0.0509. The molecular weight excluding hydrogens is 470 g/mol. The van der Waals surface area contributed by atoms with Gasteiger partial charge in [0.05, 0.1) is 18.0 Å². The van der Waals surface area contributed by atoms with Crippen molar-refractivity contribution in [3.8, 4) is 5.75 Å². The third-order valence-corrected chi connectivity index (χ3v) is 6.68. The van der Waals surface area contributed by atoms with Crippen molar-refractivity contribution in [1.82, 2.24) is 15.3 Å². The number of anilines is 4. The molecule has 6 nitrogen and oxygen atoms in total. The number of nitrogens with zero attached hydrogens (tertiary/aromatic N) is 2. The molecule has 0 atom stereocenters. The van der Waals surface area contributed by atoms with Crippen LogP contribution in [0.3, 0.4) is 0 Å². The third-order valence-electron chi connectivity index (χ3n) is 6.40. The summed E-state index contributed by atoms with van der Waals surface area (Å²) in [4.78, 5) is 9.17. The second-order valence-corrected chi connectivity index (χ2v) is 10.7. The molecule has 192 valence electrons. The first-order chi connectivity index (χ1) is 17.3. The summed E-state index contributed by atoms with van der Waals surface area (Å²) >= 11 is 6.49. The zero-order chi connectivity index (χ0) is 25.7. The average Bonchev–Trinajstić information content (AvgIpc) is 2.84. The van der Waals surface area contributed by atoms with Crippen molar-refractivity contribution in [2.45, 2.75) is 65.9 Å². The molecule has 0 bridgehead atoms. The molecule has 0 radical (unpaired) electrons. The predicted molar refractivity (Wildman–Crippen MR) is 150 cm³/mol. The van der Waals surface area contributed by atoms with Gasteiger partial charge in [-0.2, -0.15) is 4.98 Å². The quantitative estimate of drug-likeness (QED) is 0.280. The Labute approximate surface area is 220 Å². The van der Waals surface area contributed by atoms with Gasteiger partial charge >= 0.3 is 0 Å². The third kappa shape index (κ3) is 6.68. The highest BCUT2D eigenvalue weighted by Crippen LogP contribution is 2.37. The number of para-hydroxylation sites is 1. The number of hydrogen-bond donors (Lipinski definition) is 3. The van der Waals surface area contributed by atoms with Crippen molar-refractivity contribution in [2.75, 3.05) is 23.7 Å². The zero-order valence-corrected chi connectivity index (χ0v) is 22.7. The summed E-state index contributed by atoms with van der Waals surface area (Å²) in [5.41, 5.74) is 5.69. The molecule has 1 aliphatic rings. The van der Waals surface area contributed by atoms with Crippen LogP contribution in [-0.2, 0) is 6.42 Å². The van der Waals surface area contributed by atoms with E-state index in [9.17, 15) is 0 Å². The number of aryl methyl sites for hydroxylation is 1. The molecule has 3 aromatic rings. The van der Waals surface area contributed by atoms with E-state index in [-0.39, 0.29) is 6.10 Å². The molecule has 0 amide bonds. The van der Waals surface area contributed by atoms with Gasteiger partial charge in [-0.05, 0) is 99.8 Å². The molecule has 1 aliphatic heterocycles. The topological polar surface area (TPSA) is 71.1 Å². The van der Waals surface area contributed by atoms with E-state index in [2.05, 4.69) is 72.0 Å². The Morgan fingerprint density at radius 1 is 1.06 bits per heavy atom. The van der Waals surface area contributed by atoms with Crippen LogP contribution in [0, 0.1) is 12.8 Å². The standard InChI is InChI=1S/C29H38ClN5O/c1-18(2)14-22-8-6-7-9-25(22)33-28-24(30)17-32-29(35-28)34-26-15-20(5)23(16-27(26)36-19(3)4)21-10-12-31-13-11-21/h6-9,15-19,21,31H,10-14H2,1-5H3,(H2,32,33,34,35). The van der Waals surface area contributed by atoms with Crippen LogP contribution in [0.15, 0.2) is 42.6 Å². The number of aromatic nitrogens is 2. The van der Waals surface area contributed by atoms with Gasteiger partial charge in [-0.1, -0.05) is 43.6 Å². The molecular formula is C29H38ClN5O. The van der Waals surface area contributed by atoms with E-state index in [0.29, 0.717) is 28.6 Å². The maximum atomic E-state index is 6.49. The van der Waals surface area contributed by atoms with E-state index in [1.807, 2.05) is 19.9 Å². The van der Waals surface area contributed by atoms with Crippen LogP contribution < -0.4 is 20.7 Å². The molecule has 3 N–H and O–H groups in total. The van der Waals surface area contributed by atoms with Crippen LogP contribution in [0.25, 0.3) is 0 Å². The van der Waals surface area contributed by atoms with E-state index in [0.717, 1.165) is 49.5 Å². The Morgan fingerprint density at radius 3 is 2.53 bits per heavy atom. The van der Waals surface area contributed by atoms with Gasteiger partial charge in [-0.3, -0.25) is 0 Å². The zero-order valence-electron chi connectivity index (χ0n) is 22.0. The van der Waals surface area contributed by atoms with E-state index in [1.165, 1.54) is 16.7 Å². The van der Waals surface area contributed by atoms with Crippen LogP contribution in [0.4, 0.5) is 23.1 Å². The van der Waals surface area contributed by atoms with Crippen molar-refractivity contribution in [3.05, 3.63) is 64.3 Å². The van der Waals surface area contributed by atoms with Gasteiger partial charge in [0.15, 0.2) is 5.82 Å². The molecule has 0 saturated carbocycles. The first-order valence-electron chi connectivity index (χ1n) is 13.0. The van der Waals surface area contributed by atoms with Gasteiger partial charge in [0.2, 0.25) is 5.95 Å². The lowest BCUT2D eigenvalue weighted by Crippen LogP contribution is -2.27. The molecule has 36 heavy (non-hydrogen) atoms. The van der Waals surface area contributed by atoms with Gasteiger partial charge in [-0.25, -0.2) is 4.98 Å². The van der Waals surface area contributed by atoms with E-state index in [1.54, 1.807) is 6.20 Å². The Kier molecular flexibility index (Phi) is 8.70. The van der Waals surface area contributed by atoms with Crippen molar-refractivity contribution < 1.29 is 4.74 Å². The summed E-state index contributed by atoms with van der Waals surface area (Å²) in [5, 5.41) is 10.7. The van der Waals surface area contributed by atoms with Gasteiger partial charge in [0.1, 0.15) is 10.8 Å². The highest BCUT2D eigenvalue weighted by Gasteiger charge is 2.20. The number of halogens is 1. The first-order valence-corrected chi connectivity index (χ1v) is 13.3. The van der Waals surface area contributed by atoms with Crippen molar-refractivity contribution in [1.29, 1.82) is 0 Å². The van der Waals surface area contributed by atoms with Crippen molar-refractivity contribution >= 4 is 34.7 Å². The summed E-state index contributed by atoms with van der Waals surface area (Å²) in [6.45, 7) is 12.8. The maximum absolute atomic E-state index is 6.49. The molecule has 2 heterocycles. The number of nitrogens with one attached hydrogen (secondary N) is 3. The summed E-state index contributed by atoms with van der Waals surface area (Å²) in [5.74, 6) is 2.94. The van der Waals surface area contributed by atoms with Crippen LogP contribution in [0.1, 0.15) is 63.1 Å². The number of hydrogen-bond acceptors (Lipinski definition) is 6. The lowest BCUT2D eigenvalue weighted by atomic mass is 9.87. The first kappa shape index (κ1) is 26.2. The summed E-state index contributed by atoms with van der Waals surface area (Å²) < 4.78 is 6.23. The second-order valence-electron chi connectivity index (χ2n) is 10.3. The van der Waals surface area contributed by atoms with Gasteiger partial charge < -0.3 is 20.7 Å². The van der Waals surface area contributed by atoms with Crippen LogP contribution in [0.2, 0.25) is 5.02 Å². The van der Waals surface area contributed by atoms with Crippen molar-refractivity contribution in [3.63, 3.8) is 0 Å². The van der Waals surface area contributed by atoms with Crippen molar-refractivity contribution in [2.24, 2.45) is 5.92 Å². The number of piperidine rings is 1. The summed E-state index contributed by atoms with van der Waals surface area (Å²) in [7, 11) is 0. The van der Waals surface area contributed by atoms with Crippen LogP contribution >= 0.6 is 11.6 Å². The average molecular weight is 508 g/mol. The fraction of sp³-hybridized carbons (Fsp3) is 0.448. The fourth-order valence-electron chi connectivity index (χ4n) is 4.75. The summed E-state index contributed by atoms with van der Waals surface area (Å²) in [6.07, 6.45) is 4.93. The molecule has 1 fully saturated rings. The molecule has 0 spiro atoms. The molecule has 0 aliphatic carbocycles. The van der Waals surface area contributed by atoms with E-state index >= 15 is 0 Å². The SMILES string of the molecule is Cc1cc(Nc2ncc(Cl)c(Nc3ccccc3CC(C)C)n2)c(OC(C)C)cc1C1CCNCC1. The molecule has 4 rings (SSSR count). The number of benzene rings is 2. The Bertz CT molecular complexity index is 1170. The Balaban J connectivity index is 1.62. The number of rotatable bonds is 9. The fourth-order valence-corrected chi connectivity index (χ4v) is 4.89. The monoisotopic (exact) mass is 507 g/mol. The van der Waals surface area contributed by atoms with Crippen LogP contribution in [0.5, 0.6) is 5.75 Å². The minimum Gasteiger partial charge on any atom is -0.489 e. The van der Waals surface area contributed by atoms with Gasteiger partial charge in [0.25, 0.3) is 0 Å². The second kappa shape index (κ2) is 11.9. The maximum Gasteiger partial charge on any atom is 0.229 e. The minimum atomic E-state index is 0.0509. The lowest BCUT2D eigenvalue weighted by Gasteiger charge is -2.26. The smallest absolute Gasteiger partial charge is 0.229 e. The normalized spacial score (nSPS) is 14.3. The highest BCUT2D eigenvalue weighted by atomic mass is 35.5. The largest absolute Gasteiger partial charge is 0.489 e. The highest BCUT2D eigenvalue weighted by molar-refractivity contribution is 6.32. The molecule has 1 saturated heterocycles. The number of ether oxygens (including phenoxy) is 1. The predicted octanol–water partition coefficient (Wildman–Crippen LogP) is 7.38. The van der Waals surface area contributed by atoms with E-state index in [4.69, 9.17) is 21.3 Å². The Hall–Kier alpha value is -2.83. The molecule has 2 aromatic carbocycles.